The highest BCUT2D eigenvalue weighted by atomic mass is 19.1. The van der Waals surface area contributed by atoms with E-state index in [9.17, 15) is 9.18 Å². The molecule has 2 fully saturated rings. The van der Waals surface area contributed by atoms with Crippen LogP contribution in [0.4, 0.5) is 4.39 Å². The molecule has 2 aliphatic rings. The molecule has 5 heteroatoms. The molecule has 1 saturated carbocycles. The van der Waals surface area contributed by atoms with E-state index < -0.39 is 0 Å². The van der Waals surface area contributed by atoms with Gasteiger partial charge in [0, 0.05) is 31.1 Å². The minimum absolute atomic E-state index is 0.00636. The minimum Gasteiger partial charge on any atom is -0.472 e. The number of halogens is 1. The van der Waals surface area contributed by atoms with Crippen LogP contribution in [0.2, 0.25) is 0 Å². The van der Waals surface area contributed by atoms with Crippen molar-refractivity contribution in [3.63, 3.8) is 0 Å². The summed E-state index contributed by atoms with van der Waals surface area (Å²) in [5.74, 6) is 0.818. The van der Waals surface area contributed by atoms with Gasteiger partial charge in [0.05, 0.1) is 6.54 Å². The molecule has 1 saturated heterocycles. The third kappa shape index (κ3) is 3.11. The Morgan fingerprint density at radius 1 is 1.21 bits per heavy atom. The molecule has 4 nitrogen and oxygen atoms in total. The number of benzene rings is 1. The molecule has 1 aromatic heterocycles. The molecular formula is C19H19FN2O2. The number of ether oxygens (including phenoxy) is 1. The van der Waals surface area contributed by atoms with Crippen LogP contribution in [-0.2, 0) is 4.79 Å². The Hall–Kier alpha value is -2.43. The monoisotopic (exact) mass is 326 g/mol. The van der Waals surface area contributed by atoms with Gasteiger partial charge in [0.2, 0.25) is 11.8 Å². The number of rotatable bonds is 4. The minimum atomic E-state index is -0.240. The molecule has 1 aromatic carbocycles. The van der Waals surface area contributed by atoms with Gasteiger partial charge in [-0.25, -0.2) is 9.37 Å². The second-order valence-corrected chi connectivity index (χ2v) is 6.48. The number of amides is 1. The average Bonchev–Trinajstić information content (AvgIpc) is 3.27. The normalized spacial score (nSPS) is 25.5. The number of carbonyl (C=O) groups excluding carboxylic acids is 1. The standard InChI is InChI=1S/C19H19FN2O2/c20-14-6-4-13(5-7-14)16-11-17(16)19(23)22-10-8-15(12-22)24-18-3-1-2-9-21-18/h1-7,9,15-17H,8,10-12H2/t15-,16+,17-/m1/s1. The highest BCUT2D eigenvalue weighted by molar-refractivity contribution is 5.83. The number of nitrogens with zero attached hydrogens (tertiary/aromatic N) is 2. The van der Waals surface area contributed by atoms with Gasteiger partial charge in [-0.2, -0.15) is 0 Å². The van der Waals surface area contributed by atoms with Crippen LogP contribution in [0.5, 0.6) is 5.88 Å². The third-order valence-electron chi connectivity index (χ3n) is 4.79. The lowest BCUT2D eigenvalue weighted by Gasteiger charge is -2.17. The third-order valence-corrected chi connectivity index (χ3v) is 4.79. The molecule has 4 rings (SSSR count). The molecule has 2 aromatic rings. The molecule has 1 aliphatic carbocycles. The Labute approximate surface area is 140 Å². The van der Waals surface area contributed by atoms with Gasteiger partial charge in [0.25, 0.3) is 0 Å². The van der Waals surface area contributed by atoms with Crippen molar-refractivity contribution in [2.24, 2.45) is 5.92 Å². The summed E-state index contributed by atoms with van der Waals surface area (Å²) in [6.07, 6.45) is 3.39. The van der Waals surface area contributed by atoms with E-state index in [-0.39, 0.29) is 29.7 Å². The Morgan fingerprint density at radius 2 is 2.04 bits per heavy atom. The largest absolute Gasteiger partial charge is 0.472 e. The zero-order valence-corrected chi connectivity index (χ0v) is 13.3. The molecule has 1 aliphatic heterocycles. The molecule has 0 unspecified atom stereocenters. The molecule has 1 amide bonds. The smallest absolute Gasteiger partial charge is 0.226 e. The molecule has 0 bridgehead atoms. The van der Waals surface area contributed by atoms with E-state index in [0.717, 1.165) is 24.9 Å². The van der Waals surface area contributed by atoms with Gasteiger partial charge in [-0.05, 0) is 36.1 Å². The van der Waals surface area contributed by atoms with Gasteiger partial charge in [-0.15, -0.1) is 0 Å². The topological polar surface area (TPSA) is 42.4 Å². The van der Waals surface area contributed by atoms with Gasteiger partial charge < -0.3 is 9.64 Å². The number of hydrogen-bond acceptors (Lipinski definition) is 3. The predicted molar refractivity (Wildman–Crippen MR) is 87.1 cm³/mol. The van der Waals surface area contributed by atoms with Gasteiger partial charge in [-0.3, -0.25) is 4.79 Å². The van der Waals surface area contributed by atoms with E-state index in [4.69, 9.17) is 4.74 Å². The van der Waals surface area contributed by atoms with E-state index in [0.29, 0.717) is 12.4 Å². The first-order valence-corrected chi connectivity index (χ1v) is 8.32. The van der Waals surface area contributed by atoms with E-state index in [1.165, 1.54) is 12.1 Å². The van der Waals surface area contributed by atoms with Crippen molar-refractivity contribution >= 4 is 5.91 Å². The molecule has 24 heavy (non-hydrogen) atoms. The Morgan fingerprint density at radius 3 is 2.79 bits per heavy atom. The fourth-order valence-corrected chi connectivity index (χ4v) is 3.39. The lowest BCUT2D eigenvalue weighted by Crippen LogP contribution is -2.32. The molecule has 0 spiro atoms. The number of pyridine rings is 1. The van der Waals surface area contributed by atoms with E-state index >= 15 is 0 Å². The first-order chi connectivity index (χ1) is 11.7. The zero-order chi connectivity index (χ0) is 16.5. The Balaban J connectivity index is 1.33. The van der Waals surface area contributed by atoms with Gasteiger partial charge in [0.1, 0.15) is 11.9 Å². The molecule has 0 N–H and O–H groups in total. The van der Waals surface area contributed by atoms with Crippen molar-refractivity contribution < 1.29 is 13.9 Å². The summed E-state index contributed by atoms with van der Waals surface area (Å²) in [4.78, 5) is 18.7. The summed E-state index contributed by atoms with van der Waals surface area (Å²) in [6.45, 7) is 1.34. The maximum Gasteiger partial charge on any atom is 0.226 e. The maximum absolute atomic E-state index is 13.0. The van der Waals surface area contributed by atoms with Crippen molar-refractivity contribution in [3.05, 3.63) is 60.0 Å². The molecular weight excluding hydrogens is 307 g/mol. The summed E-state index contributed by atoms with van der Waals surface area (Å²) in [5.41, 5.74) is 1.05. The van der Waals surface area contributed by atoms with E-state index in [1.807, 2.05) is 23.1 Å². The number of likely N-dealkylation sites (tertiary alicyclic amines) is 1. The molecule has 2 heterocycles. The van der Waals surface area contributed by atoms with Crippen LogP contribution in [0.15, 0.2) is 48.7 Å². The number of carbonyl (C=O) groups is 1. The van der Waals surface area contributed by atoms with Gasteiger partial charge in [-0.1, -0.05) is 18.2 Å². The predicted octanol–water partition coefficient (Wildman–Crippen LogP) is 3.00. The summed E-state index contributed by atoms with van der Waals surface area (Å²) in [6, 6.07) is 12.0. The Kier molecular flexibility index (Phi) is 3.92. The van der Waals surface area contributed by atoms with Crippen molar-refractivity contribution in [1.29, 1.82) is 0 Å². The van der Waals surface area contributed by atoms with Crippen LogP contribution in [0.3, 0.4) is 0 Å². The first-order valence-electron chi connectivity index (χ1n) is 8.32. The lowest BCUT2D eigenvalue weighted by atomic mass is 10.1. The lowest BCUT2D eigenvalue weighted by molar-refractivity contribution is -0.131. The van der Waals surface area contributed by atoms with Crippen LogP contribution in [0.1, 0.15) is 24.3 Å². The fourth-order valence-electron chi connectivity index (χ4n) is 3.39. The Bertz CT molecular complexity index is 720. The molecule has 3 atom stereocenters. The van der Waals surface area contributed by atoms with Crippen LogP contribution in [0.25, 0.3) is 0 Å². The van der Waals surface area contributed by atoms with E-state index in [1.54, 1.807) is 18.3 Å². The van der Waals surface area contributed by atoms with Crippen LogP contribution < -0.4 is 4.74 Å². The van der Waals surface area contributed by atoms with Crippen LogP contribution in [-0.4, -0.2) is 35.0 Å². The SMILES string of the molecule is O=C([C@@H]1C[C@H]1c1ccc(F)cc1)N1CC[C@@H](Oc2ccccn2)C1. The highest BCUT2D eigenvalue weighted by Gasteiger charge is 2.47. The van der Waals surface area contributed by atoms with Crippen molar-refractivity contribution in [2.75, 3.05) is 13.1 Å². The maximum atomic E-state index is 13.0. The average molecular weight is 326 g/mol. The highest BCUT2D eigenvalue weighted by Crippen LogP contribution is 2.48. The second-order valence-electron chi connectivity index (χ2n) is 6.48. The summed E-state index contributed by atoms with van der Waals surface area (Å²) >= 11 is 0. The van der Waals surface area contributed by atoms with Crippen molar-refractivity contribution in [2.45, 2.75) is 24.9 Å². The fraction of sp³-hybridized carbons (Fsp3) is 0.368. The van der Waals surface area contributed by atoms with Crippen molar-refractivity contribution in [1.82, 2.24) is 9.88 Å². The summed E-state index contributed by atoms with van der Waals surface area (Å²) in [7, 11) is 0. The summed E-state index contributed by atoms with van der Waals surface area (Å²) < 4.78 is 18.8. The summed E-state index contributed by atoms with van der Waals surface area (Å²) in [5, 5.41) is 0. The second kappa shape index (κ2) is 6.23. The molecule has 124 valence electrons. The number of hydrogen-bond donors (Lipinski definition) is 0. The first kappa shape index (κ1) is 15.1. The number of aromatic nitrogens is 1. The van der Waals surface area contributed by atoms with Crippen LogP contribution in [0, 0.1) is 11.7 Å². The molecule has 0 radical (unpaired) electrons. The van der Waals surface area contributed by atoms with Gasteiger partial charge >= 0.3 is 0 Å². The van der Waals surface area contributed by atoms with Crippen molar-refractivity contribution in [3.8, 4) is 5.88 Å². The quantitative estimate of drug-likeness (QED) is 0.867. The van der Waals surface area contributed by atoms with Gasteiger partial charge in [0.15, 0.2) is 0 Å². The van der Waals surface area contributed by atoms with Crippen LogP contribution >= 0.6 is 0 Å². The van der Waals surface area contributed by atoms with E-state index in [2.05, 4.69) is 4.98 Å². The zero-order valence-electron chi connectivity index (χ0n) is 13.3.